The normalized spacial score (nSPS) is 18.2. The molecule has 1 aliphatic carbocycles. The summed E-state index contributed by atoms with van der Waals surface area (Å²) in [6, 6.07) is 0. The van der Waals surface area contributed by atoms with Crippen LogP contribution in [0.2, 0.25) is 0 Å². The number of rotatable bonds is 1. The van der Waals surface area contributed by atoms with Gasteiger partial charge in [0.1, 0.15) is 0 Å². The first kappa shape index (κ1) is 11.6. The lowest BCUT2D eigenvalue weighted by atomic mass is 9.90. The van der Waals surface area contributed by atoms with Crippen LogP contribution in [0.3, 0.4) is 0 Å². The average Bonchev–Trinajstić information content (AvgIpc) is 2.05. The summed E-state index contributed by atoms with van der Waals surface area (Å²) < 4.78 is 17.6. The first-order valence-corrected chi connectivity index (χ1v) is 5.43. The fourth-order valence-corrected chi connectivity index (χ4v) is 1.37. The van der Waals surface area contributed by atoms with Crippen LogP contribution in [0.1, 0.15) is 32.1 Å². The molecule has 0 saturated heterocycles. The predicted molar refractivity (Wildman–Crippen MR) is 51.3 cm³/mol. The third kappa shape index (κ3) is 7.75. The predicted octanol–water partition coefficient (Wildman–Crippen LogP) is 1.22. The number of nitrogens with two attached hydrogens (primary N) is 1. The first-order chi connectivity index (χ1) is 5.66. The van der Waals surface area contributed by atoms with E-state index in [1.54, 1.807) is 0 Å². The molecule has 0 bridgehead atoms. The summed E-state index contributed by atoms with van der Waals surface area (Å²) in [5.41, 5.74) is 0. The van der Waals surface area contributed by atoms with Gasteiger partial charge in [0.25, 0.3) is 0 Å². The summed E-state index contributed by atoms with van der Waals surface area (Å²) in [4.78, 5) is 0. The lowest BCUT2D eigenvalue weighted by Crippen LogP contribution is -2.01. The van der Waals surface area contributed by atoms with Crippen LogP contribution in [0.5, 0.6) is 0 Å². The van der Waals surface area contributed by atoms with Crippen molar-refractivity contribution < 1.29 is 8.42 Å². The van der Waals surface area contributed by atoms with Gasteiger partial charge in [0.05, 0.1) is 0 Å². The van der Waals surface area contributed by atoms with E-state index in [0.29, 0.717) is 0 Å². The molecule has 0 unspecified atom stereocenters. The largest absolute Gasteiger partial charge is 0.231 e. The van der Waals surface area contributed by atoms with Gasteiger partial charge in [0.2, 0.25) is 0 Å². The SMILES string of the molecule is C=CC1CCCCC1.N[SH](=O)=O. The van der Waals surface area contributed by atoms with Crippen molar-refractivity contribution in [2.75, 3.05) is 0 Å². The summed E-state index contributed by atoms with van der Waals surface area (Å²) in [6.45, 7) is 3.78. The Balaban J connectivity index is 0.000000261. The van der Waals surface area contributed by atoms with Crippen molar-refractivity contribution in [3.8, 4) is 0 Å². The zero-order valence-electron chi connectivity index (χ0n) is 7.24. The topological polar surface area (TPSA) is 60.2 Å². The number of thiol groups is 1. The highest BCUT2D eigenvalue weighted by atomic mass is 32.2. The number of hydrogen-bond donors (Lipinski definition) is 2. The molecule has 1 fully saturated rings. The smallest absolute Gasteiger partial charge is 0.198 e. The van der Waals surface area contributed by atoms with E-state index in [0.717, 1.165) is 5.92 Å². The molecule has 1 aliphatic rings. The average molecular weight is 191 g/mol. The molecular formula is C8H17NO2S. The third-order valence-electron chi connectivity index (χ3n) is 1.98. The second-order valence-electron chi connectivity index (χ2n) is 2.92. The summed E-state index contributed by atoms with van der Waals surface area (Å²) in [7, 11) is -2.62. The summed E-state index contributed by atoms with van der Waals surface area (Å²) in [5, 5.41) is 4.06. The second kappa shape index (κ2) is 7.31. The Hall–Kier alpha value is -0.350. The van der Waals surface area contributed by atoms with Crippen molar-refractivity contribution in [3.63, 3.8) is 0 Å². The molecule has 0 spiro atoms. The van der Waals surface area contributed by atoms with E-state index in [1.807, 2.05) is 0 Å². The third-order valence-corrected chi connectivity index (χ3v) is 1.98. The molecular weight excluding hydrogens is 174 g/mol. The number of allylic oxidation sites excluding steroid dienone is 1. The van der Waals surface area contributed by atoms with E-state index >= 15 is 0 Å². The highest BCUT2D eigenvalue weighted by molar-refractivity contribution is 7.69. The van der Waals surface area contributed by atoms with E-state index in [-0.39, 0.29) is 0 Å². The summed E-state index contributed by atoms with van der Waals surface area (Å²) in [5.74, 6) is 0.851. The van der Waals surface area contributed by atoms with Crippen molar-refractivity contribution in [1.29, 1.82) is 0 Å². The van der Waals surface area contributed by atoms with Gasteiger partial charge in [0, 0.05) is 0 Å². The van der Waals surface area contributed by atoms with Crippen LogP contribution in [0.25, 0.3) is 0 Å². The van der Waals surface area contributed by atoms with Gasteiger partial charge in [0.15, 0.2) is 10.9 Å². The zero-order valence-corrected chi connectivity index (χ0v) is 8.13. The molecule has 4 heteroatoms. The Morgan fingerprint density at radius 2 is 1.67 bits per heavy atom. The number of hydrogen-bond acceptors (Lipinski definition) is 2. The maximum atomic E-state index is 8.81. The van der Waals surface area contributed by atoms with Gasteiger partial charge in [-0.1, -0.05) is 25.3 Å². The maximum Gasteiger partial charge on any atom is 0.198 e. The van der Waals surface area contributed by atoms with Crippen LogP contribution < -0.4 is 5.14 Å². The molecule has 12 heavy (non-hydrogen) atoms. The molecule has 0 atom stereocenters. The highest BCUT2D eigenvalue weighted by Gasteiger charge is 2.07. The molecule has 0 aliphatic heterocycles. The fraction of sp³-hybridized carbons (Fsp3) is 0.750. The molecule has 2 N–H and O–H groups in total. The molecule has 0 amide bonds. The van der Waals surface area contributed by atoms with Crippen LogP contribution in [0.4, 0.5) is 0 Å². The lowest BCUT2D eigenvalue weighted by molar-refractivity contribution is 0.420. The summed E-state index contributed by atoms with van der Waals surface area (Å²) >= 11 is 0. The first-order valence-electron chi connectivity index (χ1n) is 4.18. The Bertz CT molecular complexity index is 175. The quantitative estimate of drug-likeness (QED) is 0.483. The fourth-order valence-electron chi connectivity index (χ4n) is 1.37. The Morgan fingerprint density at radius 3 is 1.92 bits per heavy atom. The minimum atomic E-state index is -2.62. The van der Waals surface area contributed by atoms with Gasteiger partial charge in [-0.15, -0.1) is 6.58 Å². The van der Waals surface area contributed by atoms with E-state index in [1.165, 1.54) is 32.1 Å². The van der Waals surface area contributed by atoms with Crippen molar-refractivity contribution in [2.24, 2.45) is 11.1 Å². The molecule has 0 aromatic heterocycles. The van der Waals surface area contributed by atoms with Gasteiger partial charge in [-0.25, -0.2) is 13.6 Å². The monoisotopic (exact) mass is 191 g/mol. The van der Waals surface area contributed by atoms with Crippen LogP contribution >= 0.6 is 0 Å². The second-order valence-corrected chi connectivity index (χ2v) is 3.49. The molecule has 0 heterocycles. The molecule has 0 aromatic rings. The molecule has 3 nitrogen and oxygen atoms in total. The maximum absolute atomic E-state index is 8.81. The van der Waals surface area contributed by atoms with E-state index in [2.05, 4.69) is 17.8 Å². The van der Waals surface area contributed by atoms with Gasteiger partial charge in [-0.05, 0) is 18.8 Å². The molecule has 0 aromatic carbocycles. The minimum absolute atomic E-state index is 0.851. The van der Waals surface area contributed by atoms with Crippen LogP contribution in [0.15, 0.2) is 12.7 Å². The molecule has 1 rings (SSSR count). The standard InChI is InChI=1S/C8H14.H3NO2S/c1-2-8-6-4-3-5-7-8;1-4(2)3/h2,8H,1,3-7H2;4H,(H2,1,2,3). The van der Waals surface area contributed by atoms with Crippen LogP contribution in [0, 0.1) is 5.92 Å². The van der Waals surface area contributed by atoms with Crippen molar-refractivity contribution >= 4 is 10.9 Å². The van der Waals surface area contributed by atoms with E-state index < -0.39 is 10.9 Å². The Morgan fingerprint density at radius 1 is 1.25 bits per heavy atom. The minimum Gasteiger partial charge on any atom is -0.231 e. The van der Waals surface area contributed by atoms with Crippen molar-refractivity contribution in [2.45, 2.75) is 32.1 Å². The molecule has 0 radical (unpaired) electrons. The Labute approximate surface area is 75.7 Å². The molecule has 72 valence electrons. The van der Waals surface area contributed by atoms with Gasteiger partial charge in [-0.3, -0.25) is 0 Å². The van der Waals surface area contributed by atoms with Crippen LogP contribution in [-0.4, -0.2) is 8.42 Å². The lowest BCUT2D eigenvalue weighted by Gasteiger charge is -2.16. The highest BCUT2D eigenvalue weighted by Crippen LogP contribution is 2.23. The zero-order chi connectivity index (χ0) is 9.40. The van der Waals surface area contributed by atoms with Crippen molar-refractivity contribution in [3.05, 3.63) is 12.7 Å². The van der Waals surface area contributed by atoms with Crippen molar-refractivity contribution in [1.82, 2.24) is 0 Å². The molecule has 1 saturated carbocycles. The van der Waals surface area contributed by atoms with E-state index in [4.69, 9.17) is 8.42 Å². The van der Waals surface area contributed by atoms with E-state index in [9.17, 15) is 0 Å². The van der Waals surface area contributed by atoms with Gasteiger partial charge >= 0.3 is 0 Å². The summed E-state index contributed by atoms with van der Waals surface area (Å²) in [6.07, 6.45) is 9.20. The van der Waals surface area contributed by atoms with Gasteiger partial charge in [-0.2, -0.15) is 0 Å². The Kier molecular flexibility index (Phi) is 7.09. The van der Waals surface area contributed by atoms with Gasteiger partial charge < -0.3 is 0 Å². The van der Waals surface area contributed by atoms with Crippen LogP contribution in [-0.2, 0) is 10.9 Å².